The van der Waals surface area contributed by atoms with Crippen LogP contribution in [0.5, 0.6) is 0 Å². The maximum Gasteiger partial charge on any atom is 0.271 e. The minimum Gasteiger partial charge on any atom is -0.325 e. The molecule has 21 heavy (non-hydrogen) atoms. The highest BCUT2D eigenvalue weighted by molar-refractivity contribution is 5.96. The van der Waals surface area contributed by atoms with Crippen LogP contribution in [0.2, 0.25) is 0 Å². The van der Waals surface area contributed by atoms with E-state index in [1.807, 2.05) is 37.3 Å². The van der Waals surface area contributed by atoms with Gasteiger partial charge in [-0.1, -0.05) is 43.3 Å². The third-order valence-electron chi connectivity index (χ3n) is 3.25. The second kappa shape index (κ2) is 6.65. The number of hydrogen-bond acceptors (Lipinski definition) is 3. The predicted molar refractivity (Wildman–Crippen MR) is 81.2 cm³/mol. The van der Waals surface area contributed by atoms with Crippen molar-refractivity contribution in [3.05, 3.63) is 70.3 Å². The molecule has 0 heterocycles. The number of carbonyl (C=O) groups is 1. The number of anilines is 1. The molecule has 2 aromatic rings. The lowest BCUT2D eigenvalue weighted by Gasteiger charge is -2.15. The molecule has 2 aromatic carbocycles. The molecule has 0 aromatic heterocycles. The van der Waals surface area contributed by atoms with E-state index in [9.17, 15) is 14.9 Å². The van der Waals surface area contributed by atoms with Crippen molar-refractivity contribution in [3.63, 3.8) is 0 Å². The van der Waals surface area contributed by atoms with Gasteiger partial charge in [-0.3, -0.25) is 14.9 Å². The summed E-state index contributed by atoms with van der Waals surface area (Å²) in [6.45, 7) is 1.94. The maximum atomic E-state index is 12.3. The van der Waals surface area contributed by atoms with Gasteiger partial charge in [-0.25, -0.2) is 0 Å². The van der Waals surface area contributed by atoms with Crippen molar-refractivity contribution in [2.45, 2.75) is 19.3 Å². The number of nitro groups is 1. The summed E-state index contributed by atoms with van der Waals surface area (Å²) in [6, 6.07) is 15.4. The van der Waals surface area contributed by atoms with E-state index in [-0.39, 0.29) is 17.5 Å². The molecule has 1 amide bonds. The number of nitrogens with zero attached hydrogens (tertiary/aromatic N) is 1. The maximum absolute atomic E-state index is 12.3. The molecule has 0 spiro atoms. The molecular weight excluding hydrogens is 268 g/mol. The third-order valence-corrected chi connectivity index (χ3v) is 3.25. The number of hydrogen-bond donors (Lipinski definition) is 1. The van der Waals surface area contributed by atoms with Crippen LogP contribution in [-0.4, -0.2) is 10.8 Å². The topological polar surface area (TPSA) is 72.2 Å². The minimum atomic E-state index is -0.482. The minimum absolute atomic E-state index is 0.0411. The highest BCUT2D eigenvalue weighted by atomic mass is 16.6. The summed E-state index contributed by atoms with van der Waals surface area (Å²) in [4.78, 5) is 22.6. The Bertz CT molecular complexity index is 641. The van der Waals surface area contributed by atoms with Gasteiger partial charge in [0.05, 0.1) is 10.8 Å². The van der Waals surface area contributed by atoms with E-state index in [1.54, 1.807) is 12.1 Å². The summed E-state index contributed by atoms with van der Waals surface area (Å²) in [5, 5.41) is 13.5. The van der Waals surface area contributed by atoms with E-state index in [1.165, 1.54) is 12.1 Å². The van der Waals surface area contributed by atoms with Crippen molar-refractivity contribution in [2.24, 2.45) is 0 Å². The number of benzene rings is 2. The standard InChI is InChI=1S/C16H16N2O3/c1-2-15(12-7-4-3-5-8-12)16(19)17-13-9-6-10-14(11-13)18(20)21/h3-11,15H,2H2,1H3,(H,17,19). The normalized spacial score (nSPS) is 11.7. The second-order valence-electron chi connectivity index (χ2n) is 4.67. The fraction of sp³-hybridized carbons (Fsp3) is 0.188. The van der Waals surface area contributed by atoms with E-state index < -0.39 is 4.92 Å². The van der Waals surface area contributed by atoms with Crippen molar-refractivity contribution < 1.29 is 9.72 Å². The zero-order valence-corrected chi connectivity index (χ0v) is 11.7. The molecule has 1 atom stereocenters. The number of carbonyl (C=O) groups excluding carboxylic acids is 1. The van der Waals surface area contributed by atoms with Gasteiger partial charge in [0.1, 0.15) is 0 Å². The molecule has 0 saturated heterocycles. The monoisotopic (exact) mass is 284 g/mol. The molecule has 2 rings (SSSR count). The number of non-ortho nitro benzene ring substituents is 1. The Kier molecular flexibility index (Phi) is 4.66. The van der Waals surface area contributed by atoms with E-state index in [0.717, 1.165) is 5.56 Å². The van der Waals surface area contributed by atoms with Gasteiger partial charge in [-0.15, -0.1) is 0 Å². The molecule has 108 valence electrons. The van der Waals surface area contributed by atoms with Gasteiger partial charge in [0, 0.05) is 17.8 Å². The molecule has 1 N–H and O–H groups in total. The number of nitrogens with one attached hydrogen (secondary N) is 1. The first kappa shape index (κ1) is 14.7. The zero-order chi connectivity index (χ0) is 15.2. The van der Waals surface area contributed by atoms with Gasteiger partial charge in [-0.05, 0) is 18.1 Å². The molecule has 0 aliphatic carbocycles. The Balaban J connectivity index is 2.16. The summed E-state index contributed by atoms with van der Waals surface area (Å²) in [5.74, 6) is -0.435. The van der Waals surface area contributed by atoms with Crippen LogP contribution < -0.4 is 5.32 Å². The fourth-order valence-corrected chi connectivity index (χ4v) is 2.18. The number of amides is 1. The molecule has 5 nitrogen and oxygen atoms in total. The summed E-state index contributed by atoms with van der Waals surface area (Å²) in [6.07, 6.45) is 0.658. The number of rotatable bonds is 5. The van der Waals surface area contributed by atoms with Crippen LogP contribution in [0.15, 0.2) is 54.6 Å². The van der Waals surface area contributed by atoms with E-state index in [0.29, 0.717) is 12.1 Å². The zero-order valence-electron chi connectivity index (χ0n) is 11.7. The van der Waals surface area contributed by atoms with Crippen molar-refractivity contribution in [2.75, 3.05) is 5.32 Å². The summed E-state index contributed by atoms with van der Waals surface area (Å²) >= 11 is 0. The van der Waals surface area contributed by atoms with Gasteiger partial charge in [0.25, 0.3) is 5.69 Å². The molecule has 0 bridgehead atoms. The average Bonchev–Trinajstić information content (AvgIpc) is 2.49. The first-order chi connectivity index (χ1) is 10.1. The van der Waals surface area contributed by atoms with Gasteiger partial charge >= 0.3 is 0 Å². The quantitative estimate of drug-likeness (QED) is 0.671. The fourth-order valence-electron chi connectivity index (χ4n) is 2.18. The molecule has 5 heteroatoms. The molecule has 0 aliphatic rings. The molecule has 0 radical (unpaired) electrons. The third kappa shape index (κ3) is 3.66. The summed E-state index contributed by atoms with van der Waals surface area (Å²) < 4.78 is 0. The van der Waals surface area contributed by atoms with Crippen LogP contribution in [0.1, 0.15) is 24.8 Å². The molecule has 0 fully saturated rings. The first-order valence-electron chi connectivity index (χ1n) is 6.72. The lowest BCUT2D eigenvalue weighted by Crippen LogP contribution is -2.20. The molecule has 1 unspecified atom stereocenters. The van der Waals surface area contributed by atoms with Crippen molar-refractivity contribution in [1.82, 2.24) is 0 Å². The van der Waals surface area contributed by atoms with Crippen LogP contribution in [0, 0.1) is 10.1 Å². The van der Waals surface area contributed by atoms with E-state index >= 15 is 0 Å². The largest absolute Gasteiger partial charge is 0.325 e. The highest BCUT2D eigenvalue weighted by Gasteiger charge is 2.19. The van der Waals surface area contributed by atoms with Crippen molar-refractivity contribution >= 4 is 17.3 Å². The Morgan fingerprint density at radius 1 is 1.19 bits per heavy atom. The first-order valence-corrected chi connectivity index (χ1v) is 6.72. The van der Waals surface area contributed by atoms with Gasteiger partial charge in [-0.2, -0.15) is 0 Å². The van der Waals surface area contributed by atoms with Crippen LogP contribution in [0.3, 0.4) is 0 Å². The Morgan fingerprint density at radius 3 is 2.52 bits per heavy atom. The average molecular weight is 284 g/mol. The van der Waals surface area contributed by atoms with Crippen LogP contribution in [0.4, 0.5) is 11.4 Å². The van der Waals surface area contributed by atoms with Gasteiger partial charge < -0.3 is 5.32 Å². The van der Waals surface area contributed by atoms with E-state index in [2.05, 4.69) is 5.32 Å². The second-order valence-corrected chi connectivity index (χ2v) is 4.67. The Hall–Kier alpha value is -2.69. The van der Waals surface area contributed by atoms with Gasteiger partial charge in [0.2, 0.25) is 5.91 Å². The van der Waals surface area contributed by atoms with Gasteiger partial charge in [0.15, 0.2) is 0 Å². The van der Waals surface area contributed by atoms with Crippen LogP contribution >= 0.6 is 0 Å². The van der Waals surface area contributed by atoms with Crippen molar-refractivity contribution in [3.8, 4) is 0 Å². The SMILES string of the molecule is CCC(C(=O)Nc1cccc([N+](=O)[O-])c1)c1ccccc1. The molecular formula is C16H16N2O3. The summed E-state index contributed by atoms with van der Waals surface area (Å²) in [7, 11) is 0. The molecule has 0 saturated carbocycles. The van der Waals surface area contributed by atoms with Crippen molar-refractivity contribution in [1.29, 1.82) is 0 Å². The lowest BCUT2D eigenvalue weighted by atomic mass is 9.95. The number of nitro benzene ring substituents is 1. The van der Waals surface area contributed by atoms with Crippen LogP contribution in [0.25, 0.3) is 0 Å². The lowest BCUT2D eigenvalue weighted by molar-refractivity contribution is -0.384. The van der Waals surface area contributed by atoms with Crippen LogP contribution in [-0.2, 0) is 4.79 Å². The highest BCUT2D eigenvalue weighted by Crippen LogP contribution is 2.23. The molecule has 0 aliphatic heterocycles. The Morgan fingerprint density at radius 2 is 1.90 bits per heavy atom. The summed E-state index contributed by atoms with van der Waals surface area (Å²) in [5.41, 5.74) is 1.33. The van der Waals surface area contributed by atoms with E-state index in [4.69, 9.17) is 0 Å². The Labute approximate surface area is 122 Å². The predicted octanol–water partition coefficient (Wildman–Crippen LogP) is 3.73. The smallest absolute Gasteiger partial charge is 0.271 e.